The van der Waals surface area contributed by atoms with Gasteiger partial charge in [0.05, 0.1) is 0 Å². The smallest absolute Gasteiger partial charge is 0.445 e. The highest BCUT2D eigenvalue weighted by atomic mass is 31.2. The molecule has 3 aromatic rings. The number of carbonyl (C=O) groups excluding carboxylic acids is 1. The molecule has 1 atom stereocenters. The van der Waals surface area contributed by atoms with Crippen molar-refractivity contribution in [1.82, 2.24) is 5.32 Å². The van der Waals surface area contributed by atoms with Crippen molar-refractivity contribution in [2.45, 2.75) is 19.3 Å². The lowest BCUT2D eigenvalue weighted by Gasteiger charge is -2.25. The average Bonchev–Trinajstić information content (AvgIpc) is 2.74. The molecule has 0 aliphatic carbocycles. The molecule has 0 saturated carbocycles. The minimum atomic E-state index is -3.82. The molecule has 0 saturated heterocycles. The first-order valence-electron chi connectivity index (χ1n) is 9.11. The molecular formula is C22H22NO5P. The van der Waals surface area contributed by atoms with Crippen LogP contribution in [0.1, 0.15) is 12.5 Å². The quantitative estimate of drug-likeness (QED) is 0.488. The van der Waals surface area contributed by atoms with Gasteiger partial charge in [-0.2, -0.15) is 0 Å². The van der Waals surface area contributed by atoms with E-state index in [0.29, 0.717) is 11.5 Å². The van der Waals surface area contributed by atoms with E-state index in [-0.39, 0.29) is 6.61 Å². The van der Waals surface area contributed by atoms with Crippen LogP contribution in [0.2, 0.25) is 0 Å². The van der Waals surface area contributed by atoms with Gasteiger partial charge in [0, 0.05) is 0 Å². The Hall–Kier alpha value is -3.24. The average molecular weight is 411 g/mol. The number of hydrogen-bond acceptors (Lipinski definition) is 5. The Labute approximate surface area is 170 Å². The van der Waals surface area contributed by atoms with E-state index < -0.39 is 19.5 Å². The van der Waals surface area contributed by atoms with Crippen LogP contribution in [0.5, 0.6) is 11.5 Å². The maximum Gasteiger partial charge on any atom is 0.452 e. The molecule has 1 amide bonds. The first kappa shape index (κ1) is 20.5. The fraction of sp³-hybridized carbons (Fsp3) is 0.136. The lowest BCUT2D eigenvalue weighted by molar-refractivity contribution is 0.138. The highest BCUT2D eigenvalue weighted by Gasteiger charge is 2.37. The van der Waals surface area contributed by atoms with Gasteiger partial charge >= 0.3 is 13.7 Å². The molecule has 29 heavy (non-hydrogen) atoms. The number of ether oxygens (including phenoxy) is 1. The van der Waals surface area contributed by atoms with E-state index in [1.54, 1.807) is 55.5 Å². The van der Waals surface area contributed by atoms with Gasteiger partial charge < -0.3 is 19.1 Å². The van der Waals surface area contributed by atoms with E-state index in [4.69, 9.17) is 13.8 Å². The number of alkyl carbamates (subject to hydrolysis) is 1. The summed E-state index contributed by atoms with van der Waals surface area (Å²) in [4.78, 5) is 12.2. The molecule has 150 valence electrons. The van der Waals surface area contributed by atoms with Crippen LogP contribution in [0.15, 0.2) is 91.0 Å². The molecule has 0 bridgehead atoms. The fourth-order valence-corrected chi connectivity index (χ4v) is 3.90. The SMILES string of the molecule is C[C@H](NC(=O)OCc1ccccc1)P(=O)(Oc1ccccc1)Oc1ccccc1. The Morgan fingerprint density at radius 1 is 0.828 bits per heavy atom. The normalized spacial score (nSPS) is 11.9. The van der Waals surface area contributed by atoms with Crippen molar-refractivity contribution in [3.05, 3.63) is 96.6 Å². The summed E-state index contributed by atoms with van der Waals surface area (Å²) < 4.78 is 30.1. The minimum absolute atomic E-state index is 0.1000. The minimum Gasteiger partial charge on any atom is -0.445 e. The second-order valence-corrected chi connectivity index (χ2v) is 8.45. The molecule has 7 heteroatoms. The predicted octanol–water partition coefficient (Wildman–Crippen LogP) is 5.61. The Kier molecular flexibility index (Phi) is 6.93. The Morgan fingerprint density at radius 3 is 1.76 bits per heavy atom. The number of nitrogens with one attached hydrogen (secondary N) is 1. The second kappa shape index (κ2) is 9.80. The molecule has 0 aliphatic rings. The zero-order chi connectivity index (χ0) is 20.5. The second-order valence-electron chi connectivity index (χ2n) is 6.23. The van der Waals surface area contributed by atoms with E-state index in [1.807, 2.05) is 42.5 Å². The predicted molar refractivity (Wildman–Crippen MR) is 111 cm³/mol. The van der Waals surface area contributed by atoms with Gasteiger partial charge in [-0.05, 0) is 36.8 Å². The van der Waals surface area contributed by atoms with Crippen LogP contribution < -0.4 is 14.4 Å². The summed E-state index contributed by atoms with van der Waals surface area (Å²) in [6, 6.07) is 26.6. The number of amides is 1. The molecular weight excluding hydrogens is 389 g/mol. The summed E-state index contributed by atoms with van der Waals surface area (Å²) in [6.45, 7) is 1.65. The zero-order valence-electron chi connectivity index (χ0n) is 15.9. The van der Waals surface area contributed by atoms with Crippen LogP contribution in [0.3, 0.4) is 0 Å². The van der Waals surface area contributed by atoms with Gasteiger partial charge in [0.25, 0.3) is 0 Å². The Morgan fingerprint density at radius 2 is 1.28 bits per heavy atom. The van der Waals surface area contributed by atoms with E-state index in [0.717, 1.165) is 5.56 Å². The van der Waals surface area contributed by atoms with Crippen molar-refractivity contribution >= 4 is 13.7 Å². The van der Waals surface area contributed by atoms with Gasteiger partial charge in [0.1, 0.15) is 18.1 Å². The zero-order valence-corrected chi connectivity index (χ0v) is 16.8. The molecule has 0 aliphatic heterocycles. The first-order valence-corrected chi connectivity index (χ1v) is 10.7. The summed E-state index contributed by atoms with van der Waals surface area (Å²) in [7, 11) is -3.82. The molecule has 3 aromatic carbocycles. The van der Waals surface area contributed by atoms with Gasteiger partial charge in [-0.15, -0.1) is 0 Å². The number of rotatable bonds is 8. The lowest BCUT2D eigenvalue weighted by Crippen LogP contribution is -2.35. The van der Waals surface area contributed by atoms with E-state index in [1.165, 1.54) is 0 Å². The number of hydrogen-bond donors (Lipinski definition) is 1. The number of para-hydroxylation sites is 2. The molecule has 6 nitrogen and oxygen atoms in total. The van der Waals surface area contributed by atoms with Crippen LogP contribution >= 0.6 is 7.60 Å². The van der Waals surface area contributed by atoms with Crippen LogP contribution in [0, 0.1) is 0 Å². The van der Waals surface area contributed by atoms with Crippen molar-refractivity contribution in [3.63, 3.8) is 0 Å². The molecule has 0 radical (unpaired) electrons. The lowest BCUT2D eigenvalue weighted by atomic mass is 10.2. The molecule has 0 spiro atoms. The van der Waals surface area contributed by atoms with Crippen molar-refractivity contribution in [1.29, 1.82) is 0 Å². The van der Waals surface area contributed by atoms with E-state index in [9.17, 15) is 9.36 Å². The largest absolute Gasteiger partial charge is 0.452 e. The maximum absolute atomic E-state index is 13.5. The maximum atomic E-state index is 13.5. The summed E-state index contributed by atoms with van der Waals surface area (Å²) in [5, 5.41) is 2.56. The first-order chi connectivity index (χ1) is 14.0. The van der Waals surface area contributed by atoms with Gasteiger partial charge in [-0.25, -0.2) is 9.36 Å². The Balaban J connectivity index is 1.70. The van der Waals surface area contributed by atoms with Crippen molar-refractivity contribution in [2.75, 3.05) is 0 Å². The van der Waals surface area contributed by atoms with Gasteiger partial charge in [0.2, 0.25) is 0 Å². The third kappa shape index (κ3) is 6.13. The van der Waals surface area contributed by atoms with E-state index >= 15 is 0 Å². The van der Waals surface area contributed by atoms with Crippen LogP contribution in [-0.4, -0.2) is 11.9 Å². The molecule has 0 fully saturated rings. The topological polar surface area (TPSA) is 73.9 Å². The fourth-order valence-electron chi connectivity index (χ4n) is 2.45. The molecule has 3 rings (SSSR count). The van der Waals surface area contributed by atoms with Crippen LogP contribution in [0.4, 0.5) is 4.79 Å². The number of carbonyl (C=O) groups is 1. The molecule has 0 aromatic heterocycles. The highest BCUT2D eigenvalue weighted by Crippen LogP contribution is 2.51. The Bertz CT molecular complexity index is 905. The summed E-state index contributed by atoms with van der Waals surface area (Å²) in [5.41, 5.74) is 0.847. The third-order valence-electron chi connectivity index (χ3n) is 3.97. The van der Waals surface area contributed by atoms with Gasteiger partial charge in [0.15, 0.2) is 5.78 Å². The monoisotopic (exact) mass is 411 g/mol. The number of benzene rings is 3. The van der Waals surface area contributed by atoms with Crippen LogP contribution in [-0.2, 0) is 15.9 Å². The van der Waals surface area contributed by atoms with Crippen molar-refractivity contribution < 1.29 is 23.1 Å². The van der Waals surface area contributed by atoms with Crippen molar-refractivity contribution in [2.24, 2.45) is 0 Å². The molecule has 0 heterocycles. The molecule has 0 unspecified atom stereocenters. The summed E-state index contributed by atoms with van der Waals surface area (Å²) in [6.07, 6.45) is -0.713. The third-order valence-corrected chi connectivity index (χ3v) is 5.97. The van der Waals surface area contributed by atoms with Crippen LogP contribution in [0.25, 0.3) is 0 Å². The summed E-state index contributed by atoms with van der Waals surface area (Å²) >= 11 is 0. The molecule has 1 N–H and O–H groups in total. The van der Waals surface area contributed by atoms with E-state index in [2.05, 4.69) is 5.32 Å². The van der Waals surface area contributed by atoms with Gasteiger partial charge in [-0.3, -0.25) is 0 Å². The van der Waals surface area contributed by atoms with Gasteiger partial charge in [-0.1, -0.05) is 66.7 Å². The summed E-state index contributed by atoms with van der Waals surface area (Å²) in [5.74, 6) is -0.206. The van der Waals surface area contributed by atoms with Crippen molar-refractivity contribution in [3.8, 4) is 11.5 Å². The highest BCUT2D eigenvalue weighted by molar-refractivity contribution is 7.55. The standard InChI is InChI=1S/C22H22NO5P/c1-18(23-22(24)26-17-19-11-5-2-6-12-19)29(25,27-20-13-7-3-8-14-20)28-21-15-9-4-10-16-21/h2-16,18H,17H2,1H3,(H,23,24)/t18-/m1/s1.